The van der Waals surface area contributed by atoms with E-state index in [4.69, 9.17) is 0 Å². The van der Waals surface area contributed by atoms with Crippen LogP contribution >= 0.6 is 0 Å². The molecule has 0 aromatic rings. The molecule has 1 rings (SSSR count). The Morgan fingerprint density at radius 1 is 1.43 bits per heavy atom. The molecule has 0 amide bonds. The minimum atomic E-state index is -0.361. The average Bonchev–Trinajstić information content (AvgIpc) is 2.15. The van der Waals surface area contributed by atoms with Crippen LogP contribution in [0.1, 0.15) is 25.7 Å². The zero-order valence-corrected chi connectivity index (χ0v) is 8.82. The monoisotopic (exact) mass is 195 g/mol. The summed E-state index contributed by atoms with van der Waals surface area (Å²) in [5.41, 5.74) is 0. The Morgan fingerprint density at radius 2 is 2.14 bits per heavy atom. The molecule has 0 unspecified atom stereocenters. The number of allylic oxidation sites excluding steroid dienone is 1. The molecule has 0 aliphatic heterocycles. The summed E-state index contributed by atoms with van der Waals surface area (Å²) in [5, 5.41) is 0. The van der Waals surface area contributed by atoms with Gasteiger partial charge >= 0.3 is 0 Å². The van der Waals surface area contributed by atoms with Crippen LogP contribution in [0.25, 0.3) is 0 Å². The molecular formula is C11H17NO2. The molecule has 78 valence electrons. The zero-order chi connectivity index (χ0) is 10.6. The van der Waals surface area contributed by atoms with Crippen molar-refractivity contribution in [3.8, 4) is 0 Å². The lowest BCUT2D eigenvalue weighted by atomic mass is 9.85. The van der Waals surface area contributed by atoms with Crippen LogP contribution in [0.4, 0.5) is 0 Å². The first kappa shape index (κ1) is 11.0. The maximum atomic E-state index is 11.6. The van der Waals surface area contributed by atoms with Gasteiger partial charge in [-0.05, 0) is 18.9 Å². The Balaban J connectivity index is 2.54. The maximum absolute atomic E-state index is 11.6. The van der Waals surface area contributed by atoms with Gasteiger partial charge in [0.25, 0.3) is 0 Å². The van der Waals surface area contributed by atoms with Crippen LogP contribution in [-0.2, 0) is 9.59 Å². The largest absolute Gasteiger partial charge is 0.383 e. The molecule has 1 fully saturated rings. The summed E-state index contributed by atoms with van der Waals surface area (Å²) in [6, 6.07) is 0. The number of nitrogens with zero attached hydrogens (tertiary/aromatic N) is 1. The minimum Gasteiger partial charge on any atom is -0.383 e. The summed E-state index contributed by atoms with van der Waals surface area (Å²) < 4.78 is 0. The van der Waals surface area contributed by atoms with E-state index in [1.807, 2.05) is 14.1 Å². The summed E-state index contributed by atoms with van der Waals surface area (Å²) in [6.45, 7) is 0. The Kier molecular flexibility index (Phi) is 3.86. The fraction of sp³-hybridized carbons (Fsp3) is 0.636. The topological polar surface area (TPSA) is 37.4 Å². The molecule has 14 heavy (non-hydrogen) atoms. The second-order valence-corrected chi connectivity index (χ2v) is 3.95. The third kappa shape index (κ3) is 2.98. The van der Waals surface area contributed by atoms with Crippen molar-refractivity contribution < 1.29 is 9.59 Å². The predicted octanol–water partition coefficient (Wildman–Crippen LogP) is 1.39. The van der Waals surface area contributed by atoms with Gasteiger partial charge in [0.15, 0.2) is 5.78 Å². The van der Waals surface area contributed by atoms with E-state index < -0.39 is 0 Å². The normalized spacial score (nSPS) is 22.7. The summed E-state index contributed by atoms with van der Waals surface area (Å²) >= 11 is 0. The van der Waals surface area contributed by atoms with Crippen LogP contribution in [0.2, 0.25) is 0 Å². The van der Waals surface area contributed by atoms with E-state index in [2.05, 4.69) is 0 Å². The summed E-state index contributed by atoms with van der Waals surface area (Å²) in [7, 11) is 3.71. The molecular weight excluding hydrogens is 178 g/mol. The molecule has 0 aromatic heterocycles. The first-order chi connectivity index (χ1) is 6.61. The molecule has 0 N–H and O–H groups in total. The number of carbonyl (C=O) groups excluding carboxylic acids is 2. The van der Waals surface area contributed by atoms with Gasteiger partial charge in [0.2, 0.25) is 0 Å². The zero-order valence-electron chi connectivity index (χ0n) is 8.82. The lowest BCUT2D eigenvalue weighted by molar-refractivity contribution is -0.131. The lowest BCUT2D eigenvalue weighted by Crippen LogP contribution is -2.26. The van der Waals surface area contributed by atoms with E-state index in [-0.39, 0.29) is 17.5 Å². The van der Waals surface area contributed by atoms with Gasteiger partial charge in [0.1, 0.15) is 5.78 Å². The van der Waals surface area contributed by atoms with Crippen molar-refractivity contribution in [1.82, 2.24) is 4.90 Å². The first-order valence-corrected chi connectivity index (χ1v) is 5.02. The summed E-state index contributed by atoms with van der Waals surface area (Å²) in [4.78, 5) is 24.8. The number of Topliss-reactive ketones (excluding diaryl/α,β-unsaturated/α-hetero) is 1. The van der Waals surface area contributed by atoms with Gasteiger partial charge in [-0.25, -0.2) is 0 Å². The van der Waals surface area contributed by atoms with Crippen molar-refractivity contribution in [3.05, 3.63) is 12.3 Å². The smallest absolute Gasteiger partial charge is 0.167 e. The number of hydrogen-bond acceptors (Lipinski definition) is 3. The predicted molar refractivity (Wildman–Crippen MR) is 54.8 cm³/mol. The molecule has 1 aliphatic carbocycles. The third-order valence-electron chi connectivity index (χ3n) is 2.44. The highest BCUT2D eigenvalue weighted by molar-refractivity contribution is 6.07. The second-order valence-electron chi connectivity index (χ2n) is 3.95. The van der Waals surface area contributed by atoms with Gasteiger partial charge in [-0.1, -0.05) is 6.42 Å². The van der Waals surface area contributed by atoms with Gasteiger partial charge < -0.3 is 4.90 Å². The number of hydrogen-bond donors (Lipinski definition) is 0. The molecule has 1 atom stereocenters. The van der Waals surface area contributed by atoms with E-state index in [9.17, 15) is 9.59 Å². The molecule has 3 nitrogen and oxygen atoms in total. The highest BCUT2D eigenvalue weighted by Crippen LogP contribution is 2.21. The lowest BCUT2D eigenvalue weighted by Gasteiger charge is -2.17. The highest BCUT2D eigenvalue weighted by atomic mass is 16.1. The van der Waals surface area contributed by atoms with Gasteiger partial charge in [-0.3, -0.25) is 9.59 Å². The van der Waals surface area contributed by atoms with E-state index in [1.54, 1.807) is 11.1 Å². The van der Waals surface area contributed by atoms with Crippen LogP contribution in [0, 0.1) is 5.92 Å². The van der Waals surface area contributed by atoms with E-state index >= 15 is 0 Å². The van der Waals surface area contributed by atoms with Crippen LogP contribution in [0.15, 0.2) is 12.3 Å². The minimum absolute atomic E-state index is 0.0385. The number of rotatable bonds is 3. The van der Waals surface area contributed by atoms with Gasteiger partial charge in [-0.2, -0.15) is 0 Å². The summed E-state index contributed by atoms with van der Waals surface area (Å²) in [6.07, 6.45) is 6.46. The molecule has 1 aliphatic rings. The van der Waals surface area contributed by atoms with E-state index in [0.29, 0.717) is 6.42 Å². The fourth-order valence-corrected chi connectivity index (χ4v) is 1.62. The van der Waals surface area contributed by atoms with Crippen molar-refractivity contribution in [2.75, 3.05) is 14.1 Å². The van der Waals surface area contributed by atoms with E-state index in [0.717, 1.165) is 19.3 Å². The molecule has 0 bridgehead atoms. The second kappa shape index (κ2) is 4.94. The molecule has 1 saturated carbocycles. The summed E-state index contributed by atoms with van der Waals surface area (Å²) in [5.74, 6) is -0.284. The molecule has 0 spiro atoms. The van der Waals surface area contributed by atoms with Crippen molar-refractivity contribution in [3.63, 3.8) is 0 Å². The van der Waals surface area contributed by atoms with Crippen LogP contribution in [0.3, 0.4) is 0 Å². The average molecular weight is 195 g/mol. The number of carbonyl (C=O) groups is 2. The molecule has 3 heteroatoms. The quantitative estimate of drug-likeness (QED) is 0.504. The van der Waals surface area contributed by atoms with Crippen molar-refractivity contribution >= 4 is 11.6 Å². The first-order valence-electron chi connectivity index (χ1n) is 5.02. The molecule has 0 aromatic carbocycles. The Labute approximate surface area is 84.8 Å². The molecule has 0 radical (unpaired) electrons. The molecule has 0 saturated heterocycles. The van der Waals surface area contributed by atoms with Crippen LogP contribution < -0.4 is 0 Å². The third-order valence-corrected chi connectivity index (χ3v) is 2.44. The Morgan fingerprint density at radius 3 is 2.71 bits per heavy atom. The van der Waals surface area contributed by atoms with Gasteiger partial charge in [-0.15, -0.1) is 0 Å². The van der Waals surface area contributed by atoms with Crippen LogP contribution in [-0.4, -0.2) is 30.6 Å². The Hall–Kier alpha value is -1.12. The van der Waals surface area contributed by atoms with Gasteiger partial charge in [0.05, 0.1) is 5.92 Å². The fourth-order valence-electron chi connectivity index (χ4n) is 1.62. The maximum Gasteiger partial charge on any atom is 0.167 e. The van der Waals surface area contributed by atoms with Crippen molar-refractivity contribution in [1.29, 1.82) is 0 Å². The van der Waals surface area contributed by atoms with Crippen molar-refractivity contribution in [2.24, 2.45) is 5.92 Å². The molecule has 0 heterocycles. The SMILES string of the molecule is CN(C)/C=C/C(=O)[C@@H]1CCCCC1=O. The van der Waals surface area contributed by atoms with Crippen molar-refractivity contribution in [2.45, 2.75) is 25.7 Å². The highest BCUT2D eigenvalue weighted by Gasteiger charge is 2.26. The van der Waals surface area contributed by atoms with Crippen LogP contribution in [0.5, 0.6) is 0 Å². The van der Waals surface area contributed by atoms with Gasteiger partial charge in [0, 0.05) is 26.7 Å². The number of ketones is 2. The van der Waals surface area contributed by atoms with E-state index in [1.165, 1.54) is 6.08 Å². The Bertz CT molecular complexity index is 256. The standard InChI is InChI=1S/C11H17NO2/c1-12(2)8-7-11(14)9-5-3-4-6-10(9)13/h7-9H,3-6H2,1-2H3/b8-7+/t9-/m1/s1.